The van der Waals surface area contributed by atoms with E-state index in [0.717, 1.165) is 6.42 Å². The lowest BCUT2D eigenvalue weighted by atomic mass is 10.4. The molecule has 118 valence electrons. The molecule has 1 amide bonds. The van der Waals surface area contributed by atoms with Crippen LogP contribution in [-0.4, -0.2) is 46.6 Å². The van der Waals surface area contributed by atoms with Crippen molar-refractivity contribution in [3.05, 3.63) is 5.28 Å². The van der Waals surface area contributed by atoms with Crippen LogP contribution in [0.4, 0.5) is 5.95 Å². The van der Waals surface area contributed by atoms with E-state index in [2.05, 4.69) is 20.3 Å². The van der Waals surface area contributed by atoms with Gasteiger partial charge in [0, 0.05) is 12.6 Å². The molecule has 0 aliphatic heterocycles. The number of rotatable bonds is 8. The highest BCUT2D eigenvalue weighted by Crippen LogP contribution is 2.15. The molecule has 0 saturated carbocycles. The third kappa shape index (κ3) is 6.12. The molecule has 0 unspecified atom stereocenters. The number of carbonyl (C=O) groups excluding carboxylic acids is 1. The van der Waals surface area contributed by atoms with Gasteiger partial charge in [-0.15, -0.1) is 0 Å². The average Bonchev–Trinajstić information content (AvgIpc) is 2.41. The first-order valence-electron chi connectivity index (χ1n) is 7.04. The van der Waals surface area contributed by atoms with Crippen LogP contribution in [-0.2, 0) is 4.79 Å². The number of hydrogen-bond acceptors (Lipinski definition) is 6. The number of carbonyl (C=O) groups is 1. The van der Waals surface area contributed by atoms with Gasteiger partial charge in [0.2, 0.25) is 17.1 Å². The molecule has 0 spiro atoms. The van der Waals surface area contributed by atoms with Crippen LogP contribution in [0.25, 0.3) is 0 Å². The van der Waals surface area contributed by atoms with E-state index < -0.39 is 0 Å². The Morgan fingerprint density at radius 2 is 2.05 bits per heavy atom. The van der Waals surface area contributed by atoms with Crippen molar-refractivity contribution in [3.63, 3.8) is 0 Å². The number of ether oxygens (including phenoxy) is 1. The van der Waals surface area contributed by atoms with E-state index in [1.54, 1.807) is 4.90 Å². The van der Waals surface area contributed by atoms with Gasteiger partial charge in [0.1, 0.15) is 0 Å². The van der Waals surface area contributed by atoms with Gasteiger partial charge in [0.25, 0.3) is 0 Å². The molecule has 7 nitrogen and oxygen atoms in total. The normalized spacial score (nSPS) is 10.6. The molecule has 21 heavy (non-hydrogen) atoms. The fourth-order valence-corrected chi connectivity index (χ4v) is 1.73. The Balaban J connectivity index is 2.84. The maximum absolute atomic E-state index is 11.8. The van der Waals surface area contributed by atoms with Gasteiger partial charge in [-0.1, -0.05) is 6.92 Å². The third-order valence-corrected chi connectivity index (χ3v) is 2.63. The first kappa shape index (κ1) is 17.4. The Labute approximate surface area is 130 Å². The smallest absolute Gasteiger partial charge is 0.322 e. The van der Waals surface area contributed by atoms with E-state index >= 15 is 0 Å². The van der Waals surface area contributed by atoms with Gasteiger partial charge < -0.3 is 15.0 Å². The summed E-state index contributed by atoms with van der Waals surface area (Å²) >= 11 is 5.88. The van der Waals surface area contributed by atoms with E-state index in [4.69, 9.17) is 16.3 Å². The summed E-state index contributed by atoms with van der Waals surface area (Å²) in [6.45, 7) is 8.93. The molecular weight excluding hydrogens is 294 g/mol. The van der Waals surface area contributed by atoms with Crippen LogP contribution in [0, 0.1) is 0 Å². The van der Waals surface area contributed by atoms with Crippen molar-refractivity contribution in [2.75, 3.05) is 24.6 Å². The van der Waals surface area contributed by atoms with Crippen molar-refractivity contribution in [1.82, 2.24) is 20.3 Å². The highest BCUT2D eigenvalue weighted by atomic mass is 35.5. The number of nitrogens with zero attached hydrogens (tertiary/aromatic N) is 4. The predicted molar refractivity (Wildman–Crippen MR) is 81.8 cm³/mol. The van der Waals surface area contributed by atoms with Gasteiger partial charge in [0.15, 0.2) is 0 Å². The summed E-state index contributed by atoms with van der Waals surface area (Å²) in [4.78, 5) is 25.7. The van der Waals surface area contributed by atoms with E-state index in [1.165, 1.54) is 0 Å². The molecule has 0 fully saturated rings. The molecule has 0 bridgehead atoms. The minimum atomic E-state index is -0.0978. The zero-order valence-corrected chi connectivity index (χ0v) is 13.6. The molecule has 1 heterocycles. The molecule has 0 atom stereocenters. The Morgan fingerprint density at radius 3 is 2.62 bits per heavy atom. The summed E-state index contributed by atoms with van der Waals surface area (Å²) in [5.74, 6) is 0.238. The standard InChI is InChI=1S/C13H22ClN5O2/c1-5-7-21-13-17-11(14)16-12(18-13)19(6-2)8-10(20)15-9(3)4/h9H,5-8H2,1-4H3,(H,15,20). The van der Waals surface area contributed by atoms with Crippen LogP contribution >= 0.6 is 11.6 Å². The second-order valence-corrected chi connectivity index (χ2v) is 5.11. The zero-order chi connectivity index (χ0) is 15.8. The molecule has 8 heteroatoms. The molecule has 1 aromatic rings. The number of anilines is 1. The predicted octanol–water partition coefficient (Wildman–Crippen LogP) is 1.66. The minimum Gasteiger partial charge on any atom is -0.463 e. The largest absolute Gasteiger partial charge is 0.463 e. The number of hydrogen-bond donors (Lipinski definition) is 1. The summed E-state index contributed by atoms with van der Waals surface area (Å²) in [6.07, 6.45) is 0.840. The molecule has 0 radical (unpaired) electrons. The Bertz CT molecular complexity index is 470. The fraction of sp³-hybridized carbons (Fsp3) is 0.692. The third-order valence-electron chi connectivity index (χ3n) is 2.46. The molecule has 0 aromatic carbocycles. The van der Waals surface area contributed by atoms with E-state index in [0.29, 0.717) is 19.1 Å². The fourth-order valence-electron chi connectivity index (χ4n) is 1.59. The molecule has 0 aliphatic rings. The first-order chi connectivity index (χ1) is 9.96. The van der Waals surface area contributed by atoms with Gasteiger partial charge in [0.05, 0.1) is 13.2 Å². The average molecular weight is 316 g/mol. The van der Waals surface area contributed by atoms with Gasteiger partial charge in [-0.05, 0) is 38.8 Å². The lowest BCUT2D eigenvalue weighted by molar-refractivity contribution is -0.120. The second kappa shape index (κ2) is 8.61. The SMILES string of the molecule is CCCOc1nc(Cl)nc(N(CC)CC(=O)NC(C)C)n1. The van der Waals surface area contributed by atoms with Crippen LogP contribution in [0.1, 0.15) is 34.1 Å². The maximum Gasteiger partial charge on any atom is 0.322 e. The Hall–Kier alpha value is -1.63. The monoisotopic (exact) mass is 315 g/mol. The van der Waals surface area contributed by atoms with Crippen molar-refractivity contribution < 1.29 is 9.53 Å². The number of likely N-dealkylation sites (N-methyl/N-ethyl adjacent to an activating group) is 1. The summed E-state index contributed by atoms with van der Waals surface area (Å²) < 4.78 is 5.37. The van der Waals surface area contributed by atoms with Crippen molar-refractivity contribution in [2.45, 2.75) is 40.2 Å². The van der Waals surface area contributed by atoms with Crippen molar-refractivity contribution in [1.29, 1.82) is 0 Å². The second-order valence-electron chi connectivity index (χ2n) is 4.77. The summed E-state index contributed by atoms with van der Waals surface area (Å²) in [5, 5.41) is 2.87. The zero-order valence-electron chi connectivity index (χ0n) is 12.9. The maximum atomic E-state index is 11.8. The van der Waals surface area contributed by atoms with E-state index in [-0.39, 0.29) is 29.8 Å². The molecule has 0 saturated heterocycles. The molecule has 1 aromatic heterocycles. The van der Waals surface area contributed by atoms with E-state index in [1.807, 2.05) is 27.7 Å². The Kier molecular flexibility index (Phi) is 7.14. The Morgan fingerprint density at radius 1 is 1.33 bits per heavy atom. The van der Waals surface area contributed by atoms with Gasteiger partial charge in [-0.25, -0.2) is 0 Å². The first-order valence-corrected chi connectivity index (χ1v) is 7.42. The van der Waals surface area contributed by atoms with Crippen molar-refractivity contribution in [2.24, 2.45) is 0 Å². The van der Waals surface area contributed by atoms with Crippen LogP contribution in [0.3, 0.4) is 0 Å². The summed E-state index contributed by atoms with van der Waals surface area (Å²) in [5.41, 5.74) is 0. The van der Waals surface area contributed by atoms with Gasteiger partial charge in [-0.3, -0.25) is 4.79 Å². The minimum absolute atomic E-state index is 0.0498. The topological polar surface area (TPSA) is 80.2 Å². The molecule has 1 N–H and O–H groups in total. The van der Waals surface area contributed by atoms with Crippen molar-refractivity contribution >= 4 is 23.5 Å². The van der Waals surface area contributed by atoms with Gasteiger partial charge in [-0.2, -0.15) is 15.0 Å². The lowest BCUT2D eigenvalue weighted by Crippen LogP contribution is -2.40. The van der Waals surface area contributed by atoms with E-state index in [9.17, 15) is 4.79 Å². The summed E-state index contributed by atoms with van der Waals surface area (Å²) in [6, 6.07) is 0.260. The highest BCUT2D eigenvalue weighted by Gasteiger charge is 2.16. The van der Waals surface area contributed by atoms with Crippen LogP contribution in [0.2, 0.25) is 5.28 Å². The van der Waals surface area contributed by atoms with Crippen LogP contribution in [0.5, 0.6) is 6.01 Å². The molecular formula is C13H22ClN5O2. The highest BCUT2D eigenvalue weighted by molar-refractivity contribution is 6.28. The summed E-state index contributed by atoms with van der Waals surface area (Å²) in [7, 11) is 0. The quantitative estimate of drug-likeness (QED) is 0.786. The molecule has 0 aliphatic carbocycles. The number of halogens is 1. The van der Waals surface area contributed by atoms with Crippen LogP contribution < -0.4 is 15.0 Å². The lowest BCUT2D eigenvalue weighted by Gasteiger charge is -2.21. The van der Waals surface area contributed by atoms with Gasteiger partial charge >= 0.3 is 6.01 Å². The number of amides is 1. The number of nitrogens with one attached hydrogen (secondary N) is 1. The van der Waals surface area contributed by atoms with Crippen molar-refractivity contribution in [3.8, 4) is 6.01 Å². The molecule has 1 rings (SSSR count). The number of aromatic nitrogens is 3. The van der Waals surface area contributed by atoms with Crippen LogP contribution in [0.15, 0.2) is 0 Å².